The average molecular weight is 407 g/mol. The van der Waals surface area contributed by atoms with Gasteiger partial charge in [0.25, 0.3) is 0 Å². The maximum Gasteiger partial charge on any atom is 0.328 e. The first kappa shape index (κ1) is 25.2. The first-order valence-electron chi connectivity index (χ1n) is 8.02. The van der Waals surface area contributed by atoms with Crippen LogP contribution in [0.25, 0.3) is 0 Å². The van der Waals surface area contributed by atoms with Gasteiger partial charge < -0.3 is 47.8 Å². The molecule has 0 aliphatic heterocycles. The molecule has 28 heavy (non-hydrogen) atoms. The fraction of sp³-hybridized carbons (Fsp3) is 0.643. The summed E-state index contributed by atoms with van der Waals surface area (Å²) in [7, 11) is 0. The van der Waals surface area contributed by atoms with E-state index in [4.69, 9.17) is 21.7 Å². The Kier molecular flexibility index (Phi) is 10.6. The average Bonchev–Trinajstić information content (AvgIpc) is 2.60. The van der Waals surface area contributed by atoms with Crippen LogP contribution >= 0.6 is 0 Å². The van der Waals surface area contributed by atoms with Crippen LogP contribution in [-0.2, 0) is 24.0 Å². The molecule has 160 valence electrons. The number of nitrogens with two attached hydrogens (primary N) is 2. The zero-order chi connectivity index (χ0) is 22.0. The summed E-state index contributed by atoms with van der Waals surface area (Å²) in [4.78, 5) is 57.7. The van der Waals surface area contributed by atoms with Gasteiger partial charge in [0.05, 0.1) is 31.8 Å². The number of primary amides is 1. The van der Waals surface area contributed by atoms with Crippen LogP contribution in [0.15, 0.2) is 0 Å². The van der Waals surface area contributed by atoms with E-state index in [9.17, 15) is 34.2 Å². The van der Waals surface area contributed by atoms with E-state index in [1.165, 1.54) is 0 Å². The van der Waals surface area contributed by atoms with Crippen molar-refractivity contribution in [3.8, 4) is 0 Å². The number of rotatable bonds is 12. The lowest BCUT2D eigenvalue weighted by molar-refractivity contribution is -0.144. The van der Waals surface area contributed by atoms with E-state index in [-0.39, 0.29) is 0 Å². The fourth-order valence-electron chi connectivity index (χ4n) is 1.89. The quantitative estimate of drug-likeness (QED) is 0.148. The van der Waals surface area contributed by atoms with Gasteiger partial charge in [-0.15, -0.1) is 0 Å². The smallest absolute Gasteiger partial charge is 0.328 e. The molecular weight excluding hydrogens is 382 g/mol. The van der Waals surface area contributed by atoms with Gasteiger partial charge in [0.15, 0.2) is 0 Å². The van der Waals surface area contributed by atoms with Crippen molar-refractivity contribution in [2.24, 2.45) is 11.5 Å². The number of carboxylic acids is 1. The molecule has 0 radical (unpaired) electrons. The van der Waals surface area contributed by atoms with E-state index in [0.29, 0.717) is 0 Å². The van der Waals surface area contributed by atoms with Crippen LogP contribution in [0.5, 0.6) is 0 Å². The molecule has 14 heteroatoms. The van der Waals surface area contributed by atoms with Crippen LogP contribution in [0.2, 0.25) is 0 Å². The van der Waals surface area contributed by atoms with E-state index in [0.717, 1.165) is 6.92 Å². The summed E-state index contributed by atoms with van der Waals surface area (Å²) in [6.45, 7) is -0.730. The van der Waals surface area contributed by atoms with Crippen LogP contribution in [0.3, 0.4) is 0 Å². The molecule has 5 atom stereocenters. The highest BCUT2D eigenvalue weighted by atomic mass is 16.4. The van der Waals surface area contributed by atoms with Gasteiger partial charge in [-0.25, -0.2) is 4.79 Å². The van der Waals surface area contributed by atoms with Gasteiger partial charge in [0, 0.05) is 0 Å². The van der Waals surface area contributed by atoms with Crippen molar-refractivity contribution in [1.82, 2.24) is 16.0 Å². The summed E-state index contributed by atoms with van der Waals surface area (Å²) in [5.74, 6) is -5.61. The molecule has 0 bridgehead atoms. The van der Waals surface area contributed by atoms with Gasteiger partial charge in [-0.05, 0) is 6.92 Å². The van der Waals surface area contributed by atoms with E-state index in [2.05, 4.69) is 0 Å². The molecule has 0 aliphatic rings. The summed E-state index contributed by atoms with van der Waals surface area (Å²) in [5, 5.41) is 42.7. The third-order valence-corrected chi connectivity index (χ3v) is 3.43. The van der Waals surface area contributed by atoms with Crippen molar-refractivity contribution in [3.05, 3.63) is 0 Å². The van der Waals surface area contributed by atoms with Crippen molar-refractivity contribution < 1.29 is 44.4 Å². The van der Waals surface area contributed by atoms with Crippen LogP contribution in [0.1, 0.15) is 13.3 Å². The van der Waals surface area contributed by atoms with Crippen LogP contribution in [-0.4, -0.2) is 93.5 Å². The Labute approximate surface area is 159 Å². The molecule has 0 rings (SSSR count). The number of aliphatic carboxylic acids is 1. The minimum absolute atomic E-state index is 0.512. The number of carboxylic acid groups (broad SMARTS) is 1. The molecule has 0 aromatic rings. The number of hydrogen-bond donors (Lipinski definition) is 9. The third kappa shape index (κ3) is 8.26. The Morgan fingerprint density at radius 1 is 0.893 bits per heavy atom. The number of aliphatic hydroxyl groups is 3. The minimum atomic E-state index is -1.68. The maximum absolute atomic E-state index is 12.2. The number of amides is 4. The molecule has 0 saturated heterocycles. The van der Waals surface area contributed by atoms with Gasteiger partial charge in [-0.3, -0.25) is 19.2 Å². The molecule has 0 fully saturated rings. The highest BCUT2D eigenvalue weighted by Crippen LogP contribution is 1.98. The number of aliphatic hydroxyl groups excluding tert-OH is 3. The lowest BCUT2D eigenvalue weighted by atomic mass is 10.1. The lowest BCUT2D eigenvalue weighted by Crippen LogP contribution is -2.61. The summed E-state index contributed by atoms with van der Waals surface area (Å²) in [6, 6.07) is -6.30. The second-order valence-corrected chi connectivity index (χ2v) is 5.83. The number of carbonyl (C=O) groups excluding carboxylic acids is 4. The molecule has 0 saturated carbocycles. The first-order chi connectivity index (χ1) is 12.9. The molecule has 0 aromatic heterocycles. The largest absolute Gasteiger partial charge is 0.480 e. The summed E-state index contributed by atoms with van der Waals surface area (Å²) in [6.07, 6.45) is -2.01. The molecule has 0 aromatic carbocycles. The normalized spacial score (nSPS) is 16.0. The Hall–Kier alpha value is -2.81. The topological polar surface area (TPSA) is 254 Å². The Morgan fingerprint density at radius 2 is 1.39 bits per heavy atom. The second-order valence-electron chi connectivity index (χ2n) is 5.83. The standard InChI is InChI=1S/C14H25N5O9/c1-5(22)10(13(26)18-8(4-21)14(27)28)19-12(25)7(3-20)17-11(24)6(15)2-9(16)23/h5-8,10,20-22H,2-4,15H2,1H3,(H2,16,23)(H,17,24)(H,18,26)(H,19,25)(H,27,28). The summed E-state index contributed by atoms with van der Waals surface area (Å²) < 4.78 is 0. The third-order valence-electron chi connectivity index (χ3n) is 3.43. The highest BCUT2D eigenvalue weighted by Gasteiger charge is 2.32. The number of hydrogen-bond acceptors (Lipinski definition) is 9. The molecule has 5 unspecified atom stereocenters. The van der Waals surface area contributed by atoms with Crippen molar-refractivity contribution in [3.63, 3.8) is 0 Å². The van der Waals surface area contributed by atoms with E-state index < -0.39 is 79.5 Å². The second kappa shape index (κ2) is 11.8. The fourth-order valence-corrected chi connectivity index (χ4v) is 1.89. The Bertz CT molecular complexity index is 598. The minimum Gasteiger partial charge on any atom is -0.480 e. The van der Waals surface area contributed by atoms with Crippen LogP contribution in [0, 0.1) is 0 Å². The van der Waals surface area contributed by atoms with Gasteiger partial charge >= 0.3 is 5.97 Å². The summed E-state index contributed by atoms with van der Waals surface area (Å²) in [5.41, 5.74) is 10.3. The van der Waals surface area contributed by atoms with Crippen LogP contribution in [0.4, 0.5) is 0 Å². The Balaban J connectivity index is 5.09. The lowest BCUT2D eigenvalue weighted by Gasteiger charge is -2.25. The SMILES string of the molecule is CC(O)C(NC(=O)C(CO)NC(=O)C(N)CC(N)=O)C(=O)NC(CO)C(=O)O. The van der Waals surface area contributed by atoms with E-state index in [1.807, 2.05) is 16.0 Å². The van der Waals surface area contributed by atoms with Gasteiger partial charge in [0.1, 0.15) is 18.1 Å². The van der Waals surface area contributed by atoms with Crippen molar-refractivity contribution in [1.29, 1.82) is 0 Å². The number of nitrogens with one attached hydrogen (secondary N) is 3. The molecule has 11 N–H and O–H groups in total. The van der Waals surface area contributed by atoms with Crippen molar-refractivity contribution in [2.75, 3.05) is 13.2 Å². The van der Waals surface area contributed by atoms with E-state index in [1.54, 1.807) is 0 Å². The molecule has 14 nitrogen and oxygen atoms in total. The van der Waals surface area contributed by atoms with Gasteiger partial charge in [-0.1, -0.05) is 0 Å². The molecule has 0 spiro atoms. The maximum atomic E-state index is 12.2. The summed E-state index contributed by atoms with van der Waals surface area (Å²) >= 11 is 0. The first-order valence-corrected chi connectivity index (χ1v) is 8.02. The van der Waals surface area contributed by atoms with E-state index >= 15 is 0 Å². The predicted molar refractivity (Wildman–Crippen MR) is 91.1 cm³/mol. The molecular formula is C14H25N5O9. The number of carbonyl (C=O) groups is 5. The monoisotopic (exact) mass is 407 g/mol. The Morgan fingerprint density at radius 3 is 1.79 bits per heavy atom. The molecule has 4 amide bonds. The zero-order valence-corrected chi connectivity index (χ0v) is 15.0. The van der Waals surface area contributed by atoms with Gasteiger partial charge in [0.2, 0.25) is 23.6 Å². The van der Waals surface area contributed by atoms with Gasteiger partial charge in [-0.2, -0.15) is 0 Å². The highest BCUT2D eigenvalue weighted by molar-refractivity contribution is 5.95. The molecule has 0 aliphatic carbocycles. The zero-order valence-electron chi connectivity index (χ0n) is 15.0. The molecule has 0 heterocycles. The van der Waals surface area contributed by atoms with Crippen LogP contribution < -0.4 is 27.4 Å². The van der Waals surface area contributed by atoms with Crippen molar-refractivity contribution >= 4 is 29.6 Å². The van der Waals surface area contributed by atoms with Crippen molar-refractivity contribution in [2.45, 2.75) is 43.6 Å². The predicted octanol–water partition coefficient (Wildman–Crippen LogP) is -5.91.